The largest absolute Gasteiger partial charge is 0.387 e. The number of carbonyl (C=O) groups excluding carboxylic acids is 1. The zero-order valence-electron chi connectivity index (χ0n) is 10.7. The molecule has 0 heterocycles. The van der Waals surface area contributed by atoms with E-state index >= 15 is 0 Å². The van der Waals surface area contributed by atoms with Crippen LogP contribution in [0.3, 0.4) is 0 Å². The van der Waals surface area contributed by atoms with Crippen molar-refractivity contribution in [1.29, 1.82) is 0 Å². The summed E-state index contributed by atoms with van der Waals surface area (Å²) in [7, 11) is 0. The van der Waals surface area contributed by atoms with Gasteiger partial charge in [-0.1, -0.05) is 54.6 Å². The number of hydrogen-bond acceptors (Lipinski definition) is 2. The van der Waals surface area contributed by atoms with Crippen molar-refractivity contribution in [3.63, 3.8) is 0 Å². The van der Waals surface area contributed by atoms with Gasteiger partial charge in [0.2, 0.25) is 5.91 Å². The second-order valence-corrected chi connectivity index (χ2v) is 4.37. The number of hydrogen-bond donors (Lipinski definition) is 2. The molecule has 0 aliphatic rings. The molecule has 0 radical (unpaired) electrons. The maximum absolute atomic E-state index is 11.1. The highest BCUT2D eigenvalue weighted by Crippen LogP contribution is 2.14. The minimum absolute atomic E-state index is 0.352. The summed E-state index contributed by atoms with van der Waals surface area (Å²) in [4.78, 5) is 11.1. The molecule has 0 saturated carbocycles. The molecule has 3 nitrogen and oxygen atoms in total. The Morgan fingerprint density at radius 2 is 1.58 bits per heavy atom. The summed E-state index contributed by atoms with van der Waals surface area (Å²) >= 11 is 0. The molecule has 0 bridgehead atoms. The van der Waals surface area contributed by atoms with E-state index in [0.717, 1.165) is 12.0 Å². The number of benzene rings is 2. The third-order valence-corrected chi connectivity index (χ3v) is 2.98. The van der Waals surface area contributed by atoms with E-state index in [1.54, 1.807) is 0 Å². The first-order chi connectivity index (χ1) is 9.29. The second kappa shape index (κ2) is 6.71. The molecule has 0 unspecified atom stereocenters. The van der Waals surface area contributed by atoms with Gasteiger partial charge in [-0.25, -0.2) is 0 Å². The van der Waals surface area contributed by atoms with Gasteiger partial charge in [0.25, 0.3) is 0 Å². The van der Waals surface area contributed by atoms with Crippen molar-refractivity contribution in [2.45, 2.75) is 13.0 Å². The third kappa shape index (κ3) is 3.93. The molecule has 0 aliphatic carbocycles. The molecule has 2 aromatic carbocycles. The molecule has 0 saturated heterocycles. The van der Waals surface area contributed by atoms with Crippen molar-refractivity contribution >= 4 is 5.91 Å². The topological polar surface area (TPSA) is 49.3 Å². The van der Waals surface area contributed by atoms with Crippen LogP contribution in [0.5, 0.6) is 0 Å². The van der Waals surface area contributed by atoms with Crippen molar-refractivity contribution in [2.75, 3.05) is 6.61 Å². The van der Waals surface area contributed by atoms with Crippen LogP contribution in [0.15, 0.2) is 54.6 Å². The maximum Gasteiger partial charge on any atom is 0.245 e. The fourth-order valence-corrected chi connectivity index (χ4v) is 1.97. The summed E-state index contributed by atoms with van der Waals surface area (Å²) < 4.78 is 0. The summed E-state index contributed by atoms with van der Waals surface area (Å²) in [6.45, 7) is -0.0246. The lowest BCUT2D eigenvalue weighted by Crippen LogP contribution is -2.26. The zero-order valence-corrected chi connectivity index (χ0v) is 10.7. The van der Waals surface area contributed by atoms with Crippen LogP contribution in [0.4, 0.5) is 0 Å². The molecule has 2 aromatic rings. The van der Waals surface area contributed by atoms with Gasteiger partial charge in [0.05, 0.1) is 0 Å². The molecular weight excluding hydrogens is 238 g/mol. The molecular formula is C16H17NO2. The number of aliphatic hydroxyl groups is 1. The zero-order chi connectivity index (χ0) is 13.5. The van der Waals surface area contributed by atoms with Crippen LogP contribution in [0.1, 0.15) is 16.7 Å². The predicted octanol–water partition coefficient (Wildman–Crippen LogP) is 1.89. The van der Waals surface area contributed by atoms with Gasteiger partial charge in [-0.2, -0.15) is 0 Å². The highest BCUT2D eigenvalue weighted by atomic mass is 16.3. The first-order valence-corrected chi connectivity index (χ1v) is 6.28. The fourth-order valence-electron chi connectivity index (χ4n) is 1.97. The Balaban J connectivity index is 2.10. The molecule has 0 aromatic heterocycles. The van der Waals surface area contributed by atoms with E-state index in [1.807, 2.05) is 36.4 Å². The Morgan fingerprint density at radius 3 is 2.26 bits per heavy atom. The first-order valence-electron chi connectivity index (χ1n) is 6.28. The maximum atomic E-state index is 11.1. The Labute approximate surface area is 112 Å². The van der Waals surface area contributed by atoms with Crippen molar-refractivity contribution in [3.8, 4) is 0 Å². The van der Waals surface area contributed by atoms with Crippen LogP contribution >= 0.6 is 0 Å². The van der Waals surface area contributed by atoms with Crippen LogP contribution in [0, 0.1) is 0 Å². The van der Waals surface area contributed by atoms with E-state index in [9.17, 15) is 4.79 Å². The molecule has 3 heteroatoms. The Morgan fingerprint density at radius 1 is 0.947 bits per heavy atom. The highest BCUT2D eigenvalue weighted by Gasteiger charge is 2.04. The Kier molecular flexibility index (Phi) is 4.70. The lowest BCUT2D eigenvalue weighted by molar-refractivity contribution is -0.123. The summed E-state index contributed by atoms with van der Waals surface area (Å²) in [6, 6.07) is 18.2. The Bertz CT molecular complexity index is 537. The summed E-state index contributed by atoms with van der Waals surface area (Å²) in [6.07, 6.45) is 0.839. The van der Waals surface area contributed by atoms with E-state index < -0.39 is 6.61 Å². The summed E-state index contributed by atoms with van der Waals surface area (Å²) in [5.74, 6) is -0.352. The summed E-state index contributed by atoms with van der Waals surface area (Å²) in [5.41, 5.74) is 3.50. The monoisotopic (exact) mass is 255 g/mol. The van der Waals surface area contributed by atoms with E-state index in [4.69, 9.17) is 5.11 Å². The van der Waals surface area contributed by atoms with Gasteiger partial charge in [0.15, 0.2) is 0 Å². The molecule has 19 heavy (non-hydrogen) atoms. The predicted molar refractivity (Wildman–Crippen MR) is 74.6 cm³/mol. The van der Waals surface area contributed by atoms with Crippen LogP contribution in [-0.2, 0) is 17.8 Å². The van der Waals surface area contributed by atoms with E-state index in [0.29, 0.717) is 6.54 Å². The number of rotatable bonds is 5. The van der Waals surface area contributed by atoms with Gasteiger partial charge in [-0.05, 0) is 23.1 Å². The van der Waals surface area contributed by atoms with E-state index in [2.05, 4.69) is 23.5 Å². The minimum atomic E-state index is -0.471. The van der Waals surface area contributed by atoms with Crippen molar-refractivity contribution in [2.24, 2.45) is 0 Å². The molecule has 0 spiro atoms. The Hall–Kier alpha value is -2.13. The van der Waals surface area contributed by atoms with Crippen molar-refractivity contribution in [3.05, 3.63) is 71.3 Å². The van der Waals surface area contributed by atoms with E-state index in [-0.39, 0.29) is 5.91 Å². The average Bonchev–Trinajstić information content (AvgIpc) is 2.47. The third-order valence-electron chi connectivity index (χ3n) is 2.98. The van der Waals surface area contributed by atoms with Gasteiger partial charge in [-0.3, -0.25) is 4.79 Å². The van der Waals surface area contributed by atoms with Gasteiger partial charge in [-0.15, -0.1) is 0 Å². The molecule has 1 amide bonds. The SMILES string of the molecule is O=C(CO)NCc1ccccc1Cc1ccccc1. The minimum Gasteiger partial charge on any atom is -0.387 e. The number of aliphatic hydroxyl groups excluding tert-OH is 1. The van der Waals surface area contributed by atoms with E-state index in [1.165, 1.54) is 11.1 Å². The normalized spacial score (nSPS) is 10.2. The standard InChI is InChI=1S/C16H17NO2/c18-12-16(19)17-11-15-9-5-4-8-14(15)10-13-6-2-1-3-7-13/h1-9,18H,10-12H2,(H,17,19). The second-order valence-electron chi connectivity index (χ2n) is 4.37. The molecule has 0 atom stereocenters. The molecule has 2 N–H and O–H groups in total. The van der Waals surface area contributed by atoms with Crippen LogP contribution in [0.25, 0.3) is 0 Å². The summed E-state index contributed by atoms with van der Waals surface area (Å²) in [5, 5.41) is 11.4. The van der Waals surface area contributed by atoms with Crippen molar-refractivity contribution < 1.29 is 9.90 Å². The van der Waals surface area contributed by atoms with Gasteiger partial charge in [0, 0.05) is 6.54 Å². The number of nitrogens with one attached hydrogen (secondary N) is 1. The molecule has 98 valence electrons. The van der Waals surface area contributed by atoms with Gasteiger partial charge in [0.1, 0.15) is 6.61 Å². The van der Waals surface area contributed by atoms with Crippen molar-refractivity contribution in [1.82, 2.24) is 5.32 Å². The molecule has 0 aliphatic heterocycles. The quantitative estimate of drug-likeness (QED) is 0.857. The van der Waals surface area contributed by atoms with Gasteiger partial charge >= 0.3 is 0 Å². The smallest absolute Gasteiger partial charge is 0.245 e. The first kappa shape index (κ1) is 13.3. The lowest BCUT2D eigenvalue weighted by Gasteiger charge is -2.10. The highest BCUT2D eigenvalue weighted by molar-refractivity contribution is 5.76. The number of carbonyl (C=O) groups is 1. The van der Waals surface area contributed by atoms with Crippen LogP contribution in [-0.4, -0.2) is 17.6 Å². The van der Waals surface area contributed by atoms with Crippen LogP contribution in [0.2, 0.25) is 0 Å². The molecule has 0 fully saturated rings. The van der Waals surface area contributed by atoms with Gasteiger partial charge < -0.3 is 10.4 Å². The van der Waals surface area contributed by atoms with Crippen LogP contribution < -0.4 is 5.32 Å². The average molecular weight is 255 g/mol. The molecule has 2 rings (SSSR count). The number of amides is 1. The lowest BCUT2D eigenvalue weighted by atomic mass is 10.00. The fraction of sp³-hybridized carbons (Fsp3) is 0.188.